The molecule has 156 valence electrons. The minimum Gasteiger partial charge on any atom is -0.322 e. The summed E-state index contributed by atoms with van der Waals surface area (Å²) in [6.45, 7) is 2.15. The maximum atomic E-state index is 12.6. The fraction of sp³-hybridized carbons (Fsp3) is 0.174. The predicted molar refractivity (Wildman–Crippen MR) is 122 cm³/mol. The number of amides is 1. The fourth-order valence-corrected chi connectivity index (χ4v) is 4.25. The maximum Gasteiger partial charge on any atom is 0.261 e. The number of benzene rings is 3. The molecule has 0 aromatic heterocycles. The Morgan fingerprint density at radius 2 is 1.60 bits per heavy atom. The molecule has 0 bridgehead atoms. The lowest BCUT2D eigenvalue weighted by Gasteiger charge is -2.11. The summed E-state index contributed by atoms with van der Waals surface area (Å²) in [5.41, 5.74) is 2.43. The van der Waals surface area contributed by atoms with Gasteiger partial charge in [0.25, 0.3) is 15.9 Å². The van der Waals surface area contributed by atoms with E-state index in [2.05, 4.69) is 17.0 Å². The number of hydrogen-bond donors (Lipinski definition) is 2. The van der Waals surface area contributed by atoms with Crippen LogP contribution in [0.4, 0.5) is 11.4 Å². The van der Waals surface area contributed by atoms with E-state index in [1.54, 1.807) is 18.2 Å². The molecule has 0 aliphatic rings. The number of carbonyl (C=O) groups is 1. The van der Waals surface area contributed by atoms with Gasteiger partial charge in [-0.15, -0.1) is 0 Å². The lowest BCUT2D eigenvalue weighted by atomic mass is 10.1. The van der Waals surface area contributed by atoms with E-state index in [-0.39, 0.29) is 27.1 Å². The number of aryl methyl sites for hydroxylation is 1. The number of carbonyl (C=O) groups excluding carboxylic acids is 1. The smallest absolute Gasteiger partial charge is 0.261 e. The van der Waals surface area contributed by atoms with E-state index < -0.39 is 10.0 Å². The summed E-state index contributed by atoms with van der Waals surface area (Å²) in [7, 11) is -3.73. The van der Waals surface area contributed by atoms with Crippen LogP contribution in [0.2, 0.25) is 5.02 Å². The number of sulfonamides is 1. The van der Waals surface area contributed by atoms with Gasteiger partial charge < -0.3 is 5.32 Å². The van der Waals surface area contributed by atoms with Gasteiger partial charge in [-0.3, -0.25) is 9.52 Å². The van der Waals surface area contributed by atoms with Crippen molar-refractivity contribution in [1.29, 1.82) is 0 Å². The first-order valence-corrected chi connectivity index (χ1v) is 11.5. The summed E-state index contributed by atoms with van der Waals surface area (Å²) in [6.07, 6.45) is 3.27. The molecular formula is C23H23ClN2O3S. The van der Waals surface area contributed by atoms with Crippen LogP contribution in [-0.2, 0) is 16.4 Å². The normalized spacial score (nSPS) is 11.1. The van der Waals surface area contributed by atoms with Gasteiger partial charge in [-0.2, -0.15) is 0 Å². The van der Waals surface area contributed by atoms with Crippen molar-refractivity contribution in [3.63, 3.8) is 0 Å². The summed E-state index contributed by atoms with van der Waals surface area (Å²) < 4.78 is 27.3. The van der Waals surface area contributed by atoms with E-state index in [0.717, 1.165) is 19.3 Å². The molecule has 0 aliphatic carbocycles. The Kier molecular flexibility index (Phi) is 7.13. The first-order valence-electron chi connectivity index (χ1n) is 9.67. The first-order chi connectivity index (χ1) is 14.4. The van der Waals surface area contributed by atoms with Crippen molar-refractivity contribution in [1.82, 2.24) is 0 Å². The molecule has 0 heterocycles. The van der Waals surface area contributed by atoms with Crippen LogP contribution < -0.4 is 10.0 Å². The zero-order chi connectivity index (χ0) is 21.6. The molecule has 3 rings (SSSR count). The third-order valence-electron chi connectivity index (χ3n) is 4.55. The third kappa shape index (κ3) is 5.62. The van der Waals surface area contributed by atoms with Gasteiger partial charge in [0.2, 0.25) is 0 Å². The minimum absolute atomic E-state index is 0.144. The van der Waals surface area contributed by atoms with E-state index in [9.17, 15) is 13.2 Å². The average molecular weight is 443 g/mol. The highest BCUT2D eigenvalue weighted by atomic mass is 35.5. The molecule has 0 unspecified atom stereocenters. The van der Waals surface area contributed by atoms with E-state index >= 15 is 0 Å². The first kappa shape index (κ1) is 21.9. The molecular weight excluding hydrogens is 420 g/mol. The van der Waals surface area contributed by atoms with Crippen LogP contribution in [0.15, 0.2) is 77.7 Å². The molecule has 0 radical (unpaired) electrons. The number of hydrogen-bond acceptors (Lipinski definition) is 3. The molecule has 0 saturated carbocycles. The van der Waals surface area contributed by atoms with Crippen molar-refractivity contribution in [2.45, 2.75) is 31.1 Å². The monoisotopic (exact) mass is 442 g/mol. The second kappa shape index (κ2) is 9.78. The van der Waals surface area contributed by atoms with Gasteiger partial charge in [0.15, 0.2) is 0 Å². The summed E-state index contributed by atoms with van der Waals surface area (Å²) in [4.78, 5) is 12.7. The van der Waals surface area contributed by atoms with E-state index in [1.807, 2.05) is 24.3 Å². The van der Waals surface area contributed by atoms with Crippen LogP contribution in [0, 0.1) is 0 Å². The lowest BCUT2D eigenvalue weighted by molar-refractivity contribution is 0.102. The van der Waals surface area contributed by atoms with Crippen LogP contribution in [0.5, 0.6) is 0 Å². The highest BCUT2D eigenvalue weighted by Gasteiger charge is 2.16. The summed E-state index contributed by atoms with van der Waals surface area (Å²) in [5, 5.41) is 2.97. The second-order valence-electron chi connectivity index (χ2n) is 6.87. The largest absolute Gasteiger partial charge is 0.322 e. The van der Waals surface area contributed by atoms with E-state index in [0.29, 0.717) is 5.69 Å². The van der Waals surface area contributed by atoms with Crippen molar-refractivity contribution >= 4 is 38.9 Å². The number of anilines is 2. The highest BCUT2D eigenvalue weighted by Crippen LogP contribution is 2.24. The maximum absolute atomic E-state index is 12.6. The highest BCUT2D eigenvalue weighted by molar-refractivity contribution is 7.92. The molecule has 1 amide bonds. The van der Waals surface area contributed by atoms with Gasteiger partial charge in [0.1, 0.15) is 0 Å². The van der Waals surface area contributed by atoms with Crippen molar-refractivity contribution in [3.8, 4) is 0 Å². The number of rotatable bonds is 8. The van der Waals surface area contributed by atoms with Crippen molar-refractivity contribution in [2.24, 2.45) is 0 Å². The zero-order valence-corrected chi connectivity index (χ0v) is 18.1. The topological polar surface area (TPSA) is 75.3 Å². The number of unbranched alkanes of at least 4 members (excludes halogenated alkanes) is 1. The van der Waals surface area contributed by atoms with Gasteiger partial charge in [-0.1, -0.05) is 55.3 Å². The molecule has 0 spiro atoms. The molecule has 3 aromatic carbocycles. The Bertz CT molecular complexity index is 1110. The van der Waals surface area contributed by atoms with Gasteiger partial charge >= 0.3 is 0 Å². The Labute approximate surface area is 182 Å². The van der Waals surface area contributed by atoms with Crippen LogP contribution in [-0.4, -0.2) is 14.3 Å². The average Bonchev–Trinajstić information content (AvgIpc) is 2.73. The zero-order valence-electron chi connectivity index (χ0n) is 16.6. The summed E-state index contributed by atoms with van der Waals surface area (Å²) in [5.74, 6) is -0.362. The Morgan fingerprint density at radius 3 is 2.23 bits per heavy atom. The van der Waals surface area contributed by atoms with Crippen LogP contribution in [0.1, 0.15) is 35.7 Å². The van der Waals surface area contributed by atoms with Crippen LogP contribution in [0.25, 0.3) is 0 Å². The standard InChI is InChI=1S/C23H23ClN2O3S/c1-2-3-7-17-10-12-18(13-11-17)25-23(27)21-15-14-19(16-22(21)24)26-30(28,29)20-8-5-4-6-9-20/h4-6,8-16,26H,2-3,7H2,1H3,(H,25,27). The SMILES string of the molecule is CCCCc1ccc(NC(=O)c2ccc(NS(=O)(=O)c3ccccc3)cc2Cl)cc1. The Morgan fingerprint density at radius 1 is 0.933 bits per heavy atom. The Hall–Kier alpha value is -2.83. The Balaban J connectivity index is 1.69. The van der Waals surface area contributed by atoms with Gasteiger partial charge in [-0.05, 0) is 60.9 Å². The molecule has 7 heteroatoms. The fourth-order valence-electron chi connectivity index (χ4n) is 2.91. The van der Waals surface area contributed by atoms with Crippen molar-refractivity contribution < 1.29 is 13.2 Å². The minimum atomic E-state index is -3.73. The molecule has 5 nitrogen and oxygen atoms in total. The quantitative estimate of drug-likeness (QED) is 0.467. The summed E-state index contributed by atoms with van der Waals surface area (Å²) >= 11 is 6.25. The van der Waals surface area contributed by atoms with Crippen LogP contribution in [0.3, 0.4) is 0 Å². The van der Waals surface area contributed by atoms with Gasteiger partial charge in [-0.25, -0.2) is 8.42 Å². The predicted octanol–water partition coefficient (Wildman–Crippen LogP) is 5.74. The molecule has 0 fully saturated rings. The number of halogens is 1. The third-order valence-corrected chi connectivity index (χ3v) is 6.26. The molecule has 0 saturated heterocycles. The summed E-state index contributed by atoms with van der Waals surface area (Å²) in [6, 6.07) is 20.2. The van der Waals surface area contributed by atoms with Gasteiger partial charge in [0.05, 0.1) is 21.2 Å². The van der Waals surface area contributed by atoms with Gasteiger partial charge in [0, 0.05) is 5.69 Å². The van der Waals surface area contributed by atoms with Crippen molar-refractivity contribution in [3.05, 3.63) is 88.9 Å². The van der Waals surface area contributed by atoms with E-state index in [1.165, 1.54) is 35.9 Å². The molecule has 30 heavy (non-hydrogen) atoms. The molecule has 2 N–H and O–H groups in total. The second-order valence-corrected chi connectivity index (χ2v) is 8.96. The van der Waals surface area contributed by atoms with Crippen molar-refractivity contribution in [2.75, 3.05) is 10.0 Å². The van der Waals surface area contributed by atoms with Crippen LogP contribution >= 0.6 is 11.6 Å². The molecule has 3 aromatic rings. The molecule has 0 atom stereocenters. The number of nitrogens with one attached hydrogen (secondary N) is 2. The molecule has 0 aliphatic heterocycles. The lowest BCUT2D eigenvalue weighted by Crippen LogP contribution is -2.14. The van der Waals surface area contributed by atoms with E-state index in [4.69, 9.17) is 11.6 Å².